The van der Waals surface area contributed by atoms with Crippen LogP contribution in [0, 0.1) is 12.8 Å². The van der Waals surface area contributed by atoms with Crippen molar-refractivity contribution in [1.82, 2.24) is 0 Å². The molecule has 24 heavy (non-hydrogen) atoms. The molecule has 0 radical (unpaired) electrons. The Kier molecular flexibility index (Phi) is 4.89. The number of nitrogens with zero attached hydrogens (tertiary/aromatic N) is 1. The fraction of sp³-hybridized carbons (Fsp3) is 0.381. The number of carboxylic acid groups (broad SMARTS) is 1. The molecule has 3 heteroatoms. The average Bonchev–Trinajstić information content (AvgIpc) is 2.91. The van der Waals surface area contributed by atoms with E-state index in [1.54, 1.807) is 0 Å². The molecule has 0 aromatic heterocycles. The smallest absolute Gasteiger partial charge is 0.305 e. The Morgan fingerprint density at radius 1 is 1.17 bits per heavy atom. The molecule has 126 valence electrons. The molecule has 0 aliphatic carbocycles. The van der Waals surface area contributed by atoms with E-state index in [9.17, 15) is 4.79 Å². The van der Waals surface area contributed by atoms with Gasteiger partial charge in [0.15, 0.2) is 0 Å². The number of anilines is 1. The SMILES string of the molecule is Cc1ccccc1Cc1ccc(N2CC[C@H](C)[C@H]2CC(=O)O)cc1. The first-order valence-corrected chi connectivity index (χ1v) is 8.66. The lowest BCUT2D eigenvalue weighted by Gasteiger charge is -2.28. The number of hydrogen-bond donors (Lipinski definition) is 1. The minimum atomic E-state index is -0.713. The Morgan fingerprint density at radius 2 is 1.88 bits per heavy atom. The van der Waals surface area contributed by atoms with Gasteiger partial charge in [-0.3, -0.25) is 4.79 Å². The lowest BCUT2D eigenvalue weighted by atomic mass is 9.99. The monoisotopic (exact) mass is 323 g/mol. The molecular formula is C21H25NO2. The molecule has 2 atom stereocenters. The Balaban J connectivity index is 1.74. The third kappa shape index (κ3) is 3.61. The van der Waals surface area contributed by atoms with E-state index in [0.717, 1.165) is 25.1 Å². The van der Waals surface area contributed by atoms with Gasteiger partial charge >= 0.3 is 5.97 Å². The lowest BCUT2D eigenvalue weighted by molar-refractivity contribution is -0.137. The first-order valence-electron chi connectivity index (χ1n) is 8.66. The van der Waals surface area contributed by atoms with Crippen molar-refractivity contribution in [2.45, 2.75) is 39.2 Å². The Hall–Kier alpha value is -2.29. The molecule has 0 spiro atoms. The predicted molar refractivity (Wildman–Crippen MR) is 97.6 cm³/mol. The molecule has 0 amide bonds. The predicted octanol–water partition coefficient (Wildman–Crippen LogP) is 4.28. The molecule has 1 fully saturated rings. The second-order valence-corrected chi connectivity index (χ2v) is 6.89. The number of rotatable bonds is 5. The van der Waals surface area contributed by atoms with E-state index >= 15 is 0 Å². The van der Waals surface area contributed by atoms with Crippen LogP contribution in [0.5, 0.6) is 0 Å². The lowest BCUT2D eigenvalue weighted by Crippen LogP contribution is -2.34. The van der Waals surface area contributed by atoms with Crippen LogP contribution in [0.4, 0.5) is 5.69 Å². The molecule has 2 aromatic rings. The summed E-state index contributed by atoms with van der Waals surface area (Å²) in [5.41, 5.74) is 5.09. The molecular weight excluding hydrogens is 298 g/mol. The number of hydrogen-bond acceptors (Lipinski definition) is 2. The quantitative estimate of drug-likeness (QED) is 0.893. The van der Waals surface area contributed by atoms with Crippen LogP contribution >= 0.6 is 0 Å². The molecule has 3 rings (SSSR count). The van der Waals surface area contributed by atoms with Crippen molar-refractivity contribution in [3.63, 3.8) is 0 Å². The molecule has 1 N–H and O–H groups in total. The highest BCUT2D eigenvalue weighted by molar-refractivity contribution is 5.69. The van der Waals surface area contributed by atoms with Gasteiger partial charge < -0.3 is 10.0 Å². The fourth-order valence-electron chi connectivity index (χ4n) is 3.65. The topological polar surface area (TPSA) is 40.5 Å². The van der Waals surface area contributed by atoms with E-state index in [1.807, 2.05) is 0 Å². The largest absolute Gasteiger partial charge is 0.481 e. The summed E-state index contributed by atoms with van der Waals surface area (Å²) >= 11 is 0. The summed E-state index contributed by atoms with van der Waals surface area (Å²) in [7, 11) is 0. The number of aryl methyl sites for hydroxylation is 1. The molecule has 3 nitrogen and oxygen atoms in total. The second kappa shape index (κ2) is 7.08. The maximum atomic E-state index is 11.1. The van der Waals surface area contributed by atoms with Gasteiger partial charge in [-0.15, -0.1) is 0 Å². The van der Waals surface area contributed by atoms with Crippen LogP contribution in [0.2, 0.25) is 0 Å². The molecule has 1 saturated heterocycles. The van der Waals surface area contributed by atoms with Crippen molar-refractivity contribution in [3.05, 3.63) is 65.2 Å². The highest BCUT2D eigenvalue weighted by Crippen LogP contribution is 2.32. The molecule has 0 saturated carbocycles. The van der Waals surface area contributed by atoms with Crippen molar-refractivity contribution < 1.29 is 9.90 Å². The van der Waals surface area contributed by atoms with Gasteiger partial charge in [-0.25, -0.2) is 0 Å². The third-order valence-corrected chi connectivity index (χ3v) is 5.19. The van der Waals surface area contributed by atoms with Gasteiger partial charge in [-0.05, 0) is 54.5 Å². The van der Waals surface area contributed by atoms with Crippen molar-refractivity contribution in [2.24, 2.45) is 5.92 Å². The summed E-state index contributed by atoms with van der Waals surface area (Å²) in [4.78, 5) is 13.4. The third-order valence-electron chi connectivity index (χ3n) is 5.19. The van der Waals surface area contributed by atoms with Crippen molar-refractivity contribution in [2.75, 3.05) is 11.4 Å². The van der Waals surface area contributed by atoms with Gasteiger partial charge in [0, 0.05) is 18.3 Å². The number of benzene rings is 2. The first-order chi connectivity index (χ1) is 11.5. The number of aliphatic carboxylic acids is 1. The van der Waals surface area contributed by atoms with E-state index in [-0.39, 0.29) is 12.5 Å². The van der Waals surface area contributed by atoms with Crippen LogP contribution in [0.15, 0.2) is 48.5 Å². The molecule has 2 aromatic carbocycles. The highest BCUT2D eigenvalue weighted by Gasteiger charge is 2.32. The van der Waals surface area contributed by atoms with E-state index in [2.05, 4.69) is 67.3 Å². The van der Waals surface area contributed by atoms with Gasteiger partial charge in [0.1, 0.15) is 0 Å². The van der Waals surface area contributed by atoms with Crippen LogP contribution < -0.4 is 4.90 Å². The number of carboxylic acids is 1. The summed E-state index contributed by atoms with van der Waals surface area (Å²) in [6.45, 7) is 5.24. The normalized spacial score (nSPS) is 20.3. The van der Waals surface area contributed by atoms with Crippen molar-refractivity contribution in [1.29, 1.82) is 0 Å². The standard InChI is InChI=1S/C21H25NO2/c1-15-5-3-4-6-18(15)13-17-7-9-19(10-8-17)22-12-11-16(2)20(22)14-21(23)24/h3-10,16,20H,11-14H2,1-2H3,(H,23,24)/t16-,20+/m0/s1. The van der Waals surface area contributed by atoms with Crippen LogP contribution in [-0.2, 0) is 11.2 Å². The summed E-state index contributed by atoms with van der Waals surface area (Å²) in [5, 5.41) is 9.16. The summed E-state index contributed by atoms with van der Waals surface area (Å²) in [5.74, 6) is -0.289. The Morgan fingerprint density at radius 3 is 2.54 bits per heavy atom. The molecule has 1 aliphatic rings. The van der Waals surface area contributed by atoms with Crippen molar-refractivity contribution >= 4 is 11.7 Å². The second-order valence-electron chi connectivity index (χ2n) is 6.89. The molecule has 1 aliphatic heterocycles. The van der Waals surface area contributed by atoms with E-state index in [1.165, 1.54) is 16.7 Å². The number of carbonyl (C=O) groups is 1. The van der Waals surface area contributed by atoms with Crippen molar-refractivity contribution in [3.8, 4) is 0 Å². The van der Waals surface area contributed by atoms with E-state index < -0.39 is 5.97 Å². The Labute approximate surface area is 143 Å². The zero-order valence-electron chi connectivity index (χ0n) is 14.4. The molecule has 0 unspecified atom stereocenters. The fourth-order valence-corrected chi connectivity index (χ4v) is 3.65. The van der Waals surface area contributed by atoms with Gasteiger partial charge in [0.05, 0.1) is 6.42 Å². The average molecular weight is 323 g/mol. The van der Waals surface area contributed by atoms with Crippen LogP contribution in [-0.4, -0.2) is 23.7 Å². The van der Waals surface area contributed by atoms with Gasteiger partial charge in [-0.2, -0.15) is 0 Å². The molecule has 1 heterocycles. The molecule has 0 bridgehead atoms. The van der Waals surface area contributed by atoms with Crippen LogP contribution in [0.3, 0.4) is 0 Å². The van der Waals surface area contributed by atoms with Crippen LogP contribution in [0.25, 0.3) is 0 Å². The van der Waals surface area contributed by atoms with Gasteiger partial charge in [-0.1, -0.05) is 43.3 Å². The summed E-state index contributed by atoms with van der Waals surface area (Å²) in [6.07, 6.45) is 2.21. The Bertz CT molecular complexity index is 708. The summed E-state index contributed by atoms with van der Waals surface area (Å²) < 4.78 is 0. The maximum absolute atomic E-state index is 11.1. The van der Waals surface area contributed by atoms with E-state index in [0.29, 0.717) is 5.92 Å². The minimum Gasteiger partial charge on any atom is -0.481 e. The van der Waals surface area contributed by atoms with Crippen LogP contribution in [0.1, 0.15) is 36.5 Å². The first kappa shape index (κ1) is 16.6. The summed E-state index contributed by atoms with van der Waals surface area (Å²) in [6, 6.07) is 17.2. The zero-order valence-corrected chi connectivity index (χ0v) is 14.4. The highest BCUT2D eigenvalue weighted by atomic mass is 16.4. The minimum absolute atomic E-state index is 0.102. The van der Waals surface area contributed by atoms with Gasteiger partial charge in [0.2, 0.25) is 0 Å². The zero-order chi connectivity index (χ0) is 17.1. The van der Waals surface area contributed by atoms with Gasteiger partial charge in [0.25, 0.3) is 0 Å². The van der Waals surface area contributed by atoms with E-state index in [4.69, 9.17) is 5.11 Å². The maximum Gasteiger partial charge on any atom is 0.305 e.